The fraction of sp³-hybridized carbons (Fsp3) is 0.923. The van der Waals surface area contributed by atoms with Gasteiger partial charge in [-0.25, -0.2) is 0 Å². The molecular weight excluding hydrogens is 285 g/mol. The van der Waals surface area contributed by atoms with Crippen LogP contribution in [0.2, 0.25) is 0 Å². The van der Waals surface area contributed by atoms with E-state index in [2.05, 4.69) is 11.8 Å². The van der Waals surface area contributed by atoms with Gasteiger partial charge in [-0.05, 0) is 6.42 Å². The lowest BCUT2D eigenvalue weighted by molar-refractivity contribution is -0.139. The molecule has 1 unspecified atom stereocenters. The van der Waals surface area contributed by atoms with Crippen molar-refractivity contribution in [1.29, 1.82) is 0 Å². The molecule has 0 radical (unpaired) electrons. The summed E-state index contributed by atoms with van der Waals surface area (Å²) in [5.74, 6) is -0.579. The van der Waals surface area contributed by atoms with Gasteiger partial charge in [0.25, 0.3) is 0 Å². The number of rotatable bonds is 7. The standard InChI is InChI=1S/C13H25F3N4O/c1-2-3-11(8-17)20-6-4-19(5-7-20)9-12(21)18-10-13(14,15)16/h11H,2-10,17H2,1H3,(H,18,21). The first-order valence-corrected chi connectivity index (χ1v) is 7.35. The van der Waals surface area contributed by atoms with Crippen molar-refractivity contribution in [3.63, 3.8) is 0 Å². The molecule has 0 bridgehead atoms. The number of amides is 1. The fourth-order valence-corrected chi connectivity index (χ4v) is 2.53. The van der Waals surface area contributed by atoms with E-state index < -0.39 is 18.6 Å². The summed E-state index contributed by atoms with van der Waals surface area (Å²) in [7, 11) is 0. The molecule has 8 heteroatoms. The molecule has 1 aliphatic heterocycles. The van der Waals surface area contributed by atoms with Gasteiger partial charge >= 0.3 is 6.18 Å². The zero-order chi connectivity index (χ0) is 15.9. The minimum absolute atomic E-state index is 0.0188. The average molecular weight is 310 g/mol. The van der Waals surface area contributed by atoms with Gasteiger partial charge in [0, 0.05) is 38.8 Å². The fourth-order valence-electron chi connectivity index (χ4n) is 2.53. The Labute approximate surface area is 123 Å². The molecule has 3 N–H and O–H groups in total. The van der Waals surface area contributed by atoms with E-state index in [1.54, 1.807) is 0 Å². The average Bonchev–Trinajstić information content (AvgIpc) is 2.43. The van der Waals surface area contributed by atoms with Gasteiger partial charge in [-0.2, -0.15) is 13.2 Å². The zero-order valence-electron chi connectivity index (χ0n) is 12.5. The van der Waals surface area contributed by atoms with Crippen LogP contribution < -0.4 is 11.1 Å². The van der Waals surface area contributed by atoms with Gasteiger partial charge < -0.3 is 11.1 Å². The van der Waals surface area contributed by atoms with E-state index in [4.69, 9.17) is 5.73 Å². The molecule has 5 nitrogen and oxygen atoms in total. The Bertz CT molecular complexity index is 317. The summed E-state index contributed by atoms with van der Waals surface area (Å²) in [6.07, 6.45) is -2.24. The summed E-state index contributed by atoms with van der Waals surface area (Å²) in [4.78, 5) is 15.6. The monoisotopic (exact) mass is 310 g/mol. The van der Waals surface area contributed by atoms with Gasteiger partial charge in [0.2, 0.25) is 5.91 Å². The SMILES string of the molecule is CCCC(CN)N1CCN(CC(=O)NCC(F)(F)F)CC1. The first-order chi connectivity index (χ1) is 9.85. The molecular formula is C13H25F3N4O. The lowest BCUT2D eigenvalue weighted by Gasteiger charge is -2.38. The van der Waals surface area contributed by atoms with Crippen LogP contribution in [0.3, 0.4) is 0 Å². The maximum atomic E-state index is 12.0. The predicted molar refractivity (Wildman–Crippen MR) is 74.8 cm³/mol. The van der Waals surface area contributed by atoms with E-state index in [1.165, 1.54) is 0 Å². The summed E-state index contributed by atoms with van der Waals surface area (Å²) in [6.45, 7) is 4.44. The second-order valence-electron chi connectivity index (χ2n) is 5.38. The minimum atomic E-state index is -4.36. The van der Waals surface area contributed by atoms with Gasteiger partial charge in [0.05, 0.1) is 6.54 Å². The minimum Gasteiger partial charge on any atom is -0.346 e. The Kier molecular flexibility index (Phi) is 7.41. The molecule has 0 aliphatic carbocycles. The van der Waals surface area contributed by atoms with Crippen molar-refractivity contribution in [2.24, 2.45) is 5.73 Å². The molecule has 124 valence electrons. The molecule has 0 saturated carbocycles. The van der Waals surface area contributed by atoms with E-state index in [9.17, 15) is 18.0 Å². The first-order valence-electron chi connectivity index (χ1n) is 7.35. The highest BCUT2D eigenvalue weighted by molar-refractivity contribution is 5.78. The molecule has 0 aromatic carbocycles. The van der Waals surface area contributed by atoms with Crippen LogP contribution in [0.25, 0.3) is 0 Å². The van der Waals surface area contributed by atoms with Crippen LogP contribution in [0.1, 0.15) is 19.8 Å². The van der Waals surface area contributed by atoms with Gasteiger partial charge in [-0.15, -0.1) is 0 Å². The van der Waals surface area contributed by atoms with Crippen molar-refractivity contribution in [3.05, 3.63) is 0 Å². The predicted octanol–water partition coefficient (Wildman–Crippen LogP) is 0.410. The van der Waals surface area contributed by atoms with Crippen molar-refractivity contribution in [1.82, 2.24) is 15.1 Å². The summed E-state index contributed by atoms with van der Waals surface area (Å²) >= 11 is 0. The normalized spacial score (nSPS) is 19.5. The molecule has 1 saturated heterocycles. The topological polar surface area (TPSA) is 61.6 Å². The maximum Gasteiger partial charge on any atom is 0.405 e. The van der Waals surface area contributed by atoms with Crippen LogP contribution in [-0.4, -0.2) is 73.7 Å². The number of piperazine rings is 1. The molecule has 1 atom stereocenters. The van der Waals surface area contributed by atoms with Gasteiger partial charge in [-0.1, -0.05) is 13.3 Å². The first kappa shape index (κ1) is 18.2. The van der Waals surface area contributed by atoms with Gasteiger partial charge in [-0.3, -0.25) is 14.6 Å². The Balaban J connectivity index is 2.28. The van der Waals surface area contributed by atoms with Gasteiger partial charge in [0.1, 0.15) is 6.54 Å². The van der Waals surface area contributed by atoms with Crippen LogP contribution >= 0.6 is 0 Å². The van der Waals surface area contributed by atoms with Crippen molar-refractivity contribution in [3.8, 4) is 0 Å². The maximum absolute atomic E-state index is 12.0. The number of carbonyl (C=O) groups is 1. The number of hydrogen-bond donors (Lipinski definition) is 2. The highest BCUT2D eigenvalue weighted by Gasteiger charge is 2.28. The molecule has 1 fully saturated rings. The Morgan fingerprint density at radius 2 is 1.90 bits per heavy atom. The largest absolute Gasteiger partial charge is 0.405 e. The van der Waals surface area contributed by atoms with Crippen LogP contribution in [0.5, 0.6) is 0 Å². The molecule has 0 aromatic rings. The van der Waals surface area contributed by atoms with Crippen LogP contribution in [0.4, 0.5) is 13.2 Å². The summed E-state index contributed by atoms with van der Waals surface area (Å²) in [5, 5.41) is 1.90. The number of carbonyl (C=O) groups excluding carboxylic acids is 1. The number of halogens is 3. The number of nitrogens with one attached hydrogen (secondary N) is 1. The third kappa shape index (κ3) is 7.10. The Morgan fingerprint density at radius 1 is 1.29 bits per heavy atom. The second kappa shape index (κ2) is 8.55. The van der Waals surface area contributed by atoms with Crippen LogP contribution in [-0.2, 0) is 4.79 Å². The molecule has 21 heavy (non-hydrogen) atoms. The molecule has 0 spiro atoms. The van der Waals surface area contributed by atoms with E-state index in [1.807, 2.05) is 10.2 Å². The lowest BCUT2D eigenvalue weighted by Crippen LogP contribution is -2.54. The molecule has 1 heterocycles. The smallest absolute Gasteiger partial charge is 0.346 e. The number of nitrogens with two attached hydrogens (primary N) is 1. The zero-order valence-corrected chi connectivity index (χ0v) is 12.5. The second-order valence-corrected chi connectivity index (χ2v) is 5.38. The van der Waals surface area contributed by atoms with Crippen LogP contribution in [0, 0.1) is 0 Å². The lowest BCUT2D eigenvalue weighted by atomic mass is 10.1. The van der Waals surface area contributed by atoms with Gasteiger partial charge in [0.15, 0.2) is 0 Å². The van der Waals surface area contributed by atoms with E-state index in [-0.39, 0.29) is 6.54 Å². The number of alkyl halides is 3. The van der Waals surface area contributed by atoms with Crippen molar-refractivity contribution in [2.45, 2.75) is 32.0 Å². The summed E-state index contributed by atoms with van der Waals surface area (Å²) < 4.78 is 36.0. The highest BCUT2D eigenvalue weighted by atomic mass is 19.4. The molecule has 1 aliphatic rings. The van der Waals surface area contributed by atoms with Crippen molar-refractivity contribution >= 4 is 5.91 Å². The Hall–Kier alpha value is -0.860. The summed E-state index contributed by atoms with van der Waals surface area (Å²) in [6, 6.07) is 0.358. The molecule has 0 aromatic heterocycles. The quantitative estimate of drug-likeness (QED) is 0.715. The number of nitrogens with zero attached hydrogens (tertiary/aromatic N) is 2. The number of hydrogen-bond acceptors (Lipinski definition) is 4. The summed E-state index contributed by atoms with van der Waals surface area (Å²) in [5.41, 5.74) is 5.76. The molecule has 1 rings (SSSR count). The third-order valence-corrected chi connectivity index (χ3v) is 3.67. The van der Waals surface area contributed by atoms with E-state index >= 15 is 0 Å². The third-order valence-electron chi connectivity index (χ3n) is 3.67. The van der Waals surface area contributed by atoms with Crippen LogP contribution in [0.15, 0.2) is 0 Å². The Morgan fingerprint density at radius 3 is 2.38 bits per heavy atom. The van der Waals surface area contributed by atoms with Crippen molar-refractivity contribution < 1.29 is 18.0 Å². The highest BCUT2D eigenvalue weighted by Crippen LogP contribution is 2.12. The van der Waals surface area contributed by atoms with Crippen molar-refractivity contribution in [2.75, 3.05) is 45.8 Å². The van der Waals surface area contributed by atoms with E-state index in [0.29, 0.717) is 25.7 Å². The van der Waals surface area contributed by atoms with E-state index in [0.717, 1.165) is 25.9 Å². The molecule has 1 amide bonds.